The van der Waals surface area contributed by atoms with Crippen molar-refractivity contribution in [3.05, 3.63) is 53.2 Å². The number of aromatic nitrogens is 3. The molecule has 9 heteroatoms. The van der Waals surface area contributed by atoms with Crippen molar-refractivity contribution in [2.45, 2.75) is 90.1 Å². The van der Waals surface area contributed by atoms with Crippen LogP contribution in [0.1, 0.15) is 83.4 Å². The van der Waals surface area contributed by atoms with Crippen LogP contribution in [-0.4, -0.2) is 64.2 Å². The zero-order valence-corrected chi connectivity index (χ0v) is 27.9. The number of benzene rings is 2. The van der Waals surface area contributed by atoms with E-state index in [9.17, 15) is 4.39 Å². The normalized spacial score (nSPS) is 18.5. The Balaban J connectivity index is 0.00000190. The molecular formula is C38H46F2N6O. The molecule has 2 saturated heterocycles. The average molecular weight is 641 g/mol. The van der Waals surface area contributed by atoms with Gasteiger partial charge in [0.1, 0.15) is 29.5 Å². The highest BCUT2D eigenvalue weighted by atomic mass is 19.1. The van der Waals surface area contributed by atoms with Crippen LogP contribution < -0.4 is 15.4 Å². The van der Waals surface area contributed by atoms with E-state index in [2.05, 4.69) is 28.4 Å². The Kier molecular flexibility index (Phi) is 10.2. The van der Waals surface area contributed by atoms with Gasteiger partial charge in [0.25, 0.3) is 0 Å². The Morgan fingerprint density at radius 1 is 1.06 bits per heavy atom. The predicted octanol–water partition coefficient (Wildman–Crippen LogP) is 7.64. The number of terminal acetylenes is 1. The summed E-state index contributed by atoms with van der Waals surface area (Å²) in [5.41, 5.74) is 1.50. The molecule has 0 unspecified atom stereocenters. The minimum absolute atomic E-state index is 0.00512. The lowest BCUT2D eigenvalue weighted by atomic mass is 9.95. The van der Waals surface area contributed by atoms with Crippen LogP contribution in [0.5, 0.6) is 6.01 Å². The van der Waals surface area contributed by atoms with E-state index >= 15 is 4.39 Å². The summed E-state index contributed by atoms with van der Waals surface area (Å²) >= 11 is 0. The molecule has 47 heavy (non-hydrogen) atoms. The SMILES string of the molecule is C#Cc1c(F)ccc2cccc(-c3nc4c5c(nc(OCC67CCCN6CCC7)nc5c3F)N[C@@H](CNCCCC)CCC4)c12.CC. The lowest BCUT2D eigenvalue weighted by molar-refractivity contribution is 0.108. The third kappa shape index (κ3) is 6.38. The Morgan fingerprint density at radius 2 is 1.87 bits per heavy atom. The number of anilines is 1. The Morgan fingerprint density at radius 3 is 2.64 bits per heavy atom. The number of hydrogen-bond donors (Lipinski definition) is 2. The van der Waals surface area contributed by atoms with E-state index in [0.29, 0.717) is 40.9 Å². The molecule has 3 aliphatic rings. The van der Waals surface area contributed by atoms with Gasteiger partial charge in [0.2, 0.25) is 0 Å². The number of rotatable bonds is 9. The lowest BCUT2D eigenvalue weighted by Gasteiger charge is -2.31. The minimum atomic E-state index is -0.594. The first-order chi connectivity index (χ1) is 23.0. The molecule has 5 heterocycles. The van der Waals surface area contributed by atoms with Gasteiger partial charge < -0.3 is 15.4 Å². The minimum Gasteiger partial charge on any atom is -0.461 e. The van der Waals surface area contributed by atoms with Gasteiger partial charge in [-0.25, -0.2) is 13.8 Å². The average Bonchev–Trinajstić information content (AvgIpc) is 3.67. The van der Waals surface area contributed by atoms with Crippen LogP contribution in [0.3, 0.4) is 0 Å². The van der Waals surface area contributed by atoms with E-state index in [-0.39, 0.29) is 34.4 Å². The van der Waals surface area contributed by atoms with E-state index < -0.39 is 11.6 Å². The van der Waals surface area contributed by atoms with E-state index in [1.165, 1.54) is 6.07 Å². The largest absolute Gasteiger partial charge is 0.461 e. The number of pyridine rings is 1. The molecule has 0 amide bonds. The first kappa shape index (κ1) is 33.0. The van der Waals surface area contributed by atoms with E-state index in [1.807, 2.05) is 26.0 Å². The highest BCUT2D eigenvalue weighted by Crippen LogP contribution is 2.41. The van der Waals surface area contributed by atoms with Crippen molar-refractivity contribution in [3.63, 3.8) is 0 Å². The fraction of sp³-hybridized carbons (Fsp3) is 0.500. The van der Waals surface area contributed by atoms with Crippen LogP contribution in [0.25, 0.3) is 32.9 Å². The topological polar surface area (TPSA) is 75.2 Å². The molecule has 0 aliphatic carbocycles. The molecule has 0 bridgehead atoms. The molecule has 2 aromatic carbocycles. The third-order valence-corrected chi connectivity index (χ3v) is 9.92. The standard InChI is InChI=1S/C36H40F2N6O.C2H6/c1-3-5-18-39-21-24-11-7-13-28-30-33(42-35(43-34(30)40-24)45-22-36-16-8-19-44(36)20-9-17-36)31(38)32(41-28)26-12-6-10-23-14-15-27(37)25(4-2)29(23)26;1-2/h2,6,10,12,14-15,24,39H,3,5,7-9,11,13,16-22H2,1H3,(H,40,42,43);1-2H3/t24-;/m1./s1. The summed E-state index contributed by atoms with van der Waals surface area (Å²) in [6.45, 7) is 10.5. The quantitative estimate of drug-likeness (QED) is 0.144. The summed E-state index contributed by atoms with van der Waals surface area (Å²) in [5, 5.41) is 8.92. The fourth-order valence-corrected chi connectivity index (χ4v) is 7.62. The van der Waals surface area contributed by atoms with Gasteiger partial charge in [-0.2, -0.15) is 9.97 Å². The lowest BCUT2D eigenvalue weighted by Crippen LogP contribution is -2.43. The zero-order valence-electron chi connectivity index (χ0n) is 27.9. The van der Waals surface area contributed by atoms with Gasteiger partial charge in [-0.1, -0.05) is 57.4 Å². The highest BCUT2D eigenvalue weighted by Gasteiger charge is 2.45. The second-order valence-corrected chi connectivity index (χ2v) is 12.8. The predicted molar refractivity (Wildman–Crippen MR) is 186 cm³/mol. The monoisotopic (exact) mass is 640 g/mol. The Labute approximate surface area is 276 Å². The molecule has 1 atom stereocenters. The van der Waals surface area contributed by atoms with Gasteiger partial charge in [0, 0.05) is 23.5 Å². The molecule has 2 aromatic heterocycles. The van der Waals surface area contributed by atoms with E-state index in [4.69, 9.17) is 26.1 Å². The van der Waals surface area contributed by atoms with Crippen molar-refractivity contribution >= 4 is 27.5 Å². The molecule has 0 radical (unpaired) electrons. The fourth-order valence-electron chi connectivity index (χ4n) is 7.62. The number of nitrogens with zero attached hydrogens (tertiary/aromatic N) is 4. The van der Waals surface area contributed by atoms with E-state index in [1.54, 1.807) is 12.1 Å². The van der Waals surface area contributed by atoms with Crippen molar-refractivity contribution in [1.82, 2.24) is 25.2 Å². The Hall–Kier alpha value is -3.87. The molecular weight excluding hydrogens is 594 g/mol. The van der Waals surface area contributed by atoms with Crippen LogP contribution in [0.2, 0.25) is 0 Å². The zero-order chi connectivity index (χ0) is 33.0. The summed E-state index contributed by atoms with van der Waals surface area (Å²) in [6.07, 6.45) is 14.9. The Bertz CT molecular complexity index is 1780. The van der Waals surface area contributed by atoms with Crippen molar-refractivity contribution in [2.24, 2.45) is 0 Å². The number of ether oxygens (including phenoxy) is 1. The van der Waals surface area contributed by atoms with Gasteiger partial charge in [0.05, 0.1) is 22.2 Å². The summed E-state index contributed by atoms with van der Waals surface area (Å²) < 4.78 is 38.2. The van der Waals surface area contributed by atoms with Crippen molar-refractivity contribution in [1.29, 1.82) is 0 Å². The molecule has 7 nitrogen and oxygen atoms in total. The van der Waals surface area contributed by atoms with Crippen LogP contribution >= 0.6 is 0 Å². The van der Waals surface area contributed by atoms with E-state index in [0.717, 1.165) is 82.9 Å². The van der Waals surface area contributed by atoms with Gasteiger partial charge in [-0.15, -0.1) is 6.42 Å². The maximum absolute atomic E-state index is 16.9. The summed E-state index contributed by atoms with van der Waals surface area (Å²) in [4.78, 5) is 17.0. The molecule has 0 saturated carbocycles. The smallest absolute Gasteiger partial charge is 0.319 e. The molecule has 248 valence electrons. The second-order valence-electron chi connectivity index (χ2n) is 12.8. The number of unbranched alkanes of at least 4 members (excludes halogenated alkanes) is 1. The molecule has 3 aliphatic heterocycles. The molecule has 2 fully saturated rings. The molecule has 2 N–H and O–H groups in total. The first-order valence-corrected chi connectivity index (χ1v) is 17.4. The van der Waals surface area contributed by atoms with Crippen molar-refractivity contribution in [3.8, 4) is 29.6 Å². The second kappa shape index (κ2) is 14.5. The van der Waals surface area contributed by atoms with Crippen LogP contribution in [0, 0.1) is 24.0 Å². The molecule has 7 rings (SSSR count). The number of fused-ring (bicyclic) bond motifs is 2. The summed E-state index contributed by atoms with van der Waals surface area (Å²) in [6, 6.07) is 8.69. The van der Waals surface area contributed by atoms with Crippen molar-refractivity contribution in [2.75, 3.05) is 38.1 Å². The maximum Gasteiger partial charge on any atom is 0.319 e. The van der Waals surface area contributed by atoms with Crippen LogP contribution in [0.15, 0.2) is 30.3 Å². The molecule has 0 spiro atoms. The summed E-state index contributed by atoms with van der Waals surface area (Å²) in [5.74, 6) is 1.91. The van der Waals surface area contributed by atoms with Gasteiger partial charge in [0.15, 0.2) is 5.82 Å². The van der Waals surface area contributed by atoms with Gasteiger partial charge >= 0.3 is 6.01 Å². The number of hydrogen-bond acceptors (Lipinski definition) is 7. The number of halogens is 2. The van der Waals surface area contributed by atoms with Crippen LogP contribution in [0.4, 0.5) is 14.6 Å². The van der Waals surface area contributed by atoms with Crippen LogP contribution in [-0.2, 0) is 6.42 Å². The highest BCUT2D eigenvalue weighted by molar-refractivity contribution is 6.02. The third-order valence-electron chi connectivity index (χ3n) is 9.92. The summed E-state index contributed by atoms with van der Waals surface area (Å²) in [7, 11) is 0. The molecule has 4 aromatic rings. The maximum atomic E-state index is 16.9. The van der Waals surface area contributed by atoms with Gasteiger partial charge in [-0.3, -0.25) is 4.90 Å². The number of nitrogens with one attached hydrogen (secondary N) is 2. The number of aryl methyl sites for hydroxylation is 1. The van der Waals surface area contributed by atoms with Crippen molar-refractivity contribution < 1.29 is 13.5 Å². The van der Waals surface area contributed by atoms with Gasteiger partial charge in [-0.05, 0) is 82.5 Å². The first-order valence-electron chi connectivity index (χ1n) is 17.4.